The van der Waals surface area contributed by atoms with Crippen LogP contribution in [0.2, 0.25) is 0 Å². The molecule has 0 radical (unpaired) electrons. The van der Waals surface area contributed by atoms with Crippen molar-refractivity contribution in [2.45, 2.75) is 18.9 Å². The molecule has 1 aliphatic heterocycles. The van der Waals surface area contributed by atoms with Crippen LogP contribution < -0.4 is 4.90 Å². The van der Waals surface area contributed by atoms with E-state index in [0.717, 1.165) is 55.1 Å². The summed E-state index contributed by atoms with van der Waals surface area (Å²) in [6, 6.07) is 2.07. The van der Waals surface area contributed by atoms with Crippen molar-refractivity contribution in [3.63, 3.8) is 0 Å². The van der Waals surface area contributed by atoms with Crippen molar-refractivity contribution in [1.82, 2.24) is 14.9 Å². The van der Waals surface area contributed by atoms with Crippen molar-refractivity contribution in [3.05, 3.63) is 17.8 Å². The number of amides is 1. The molecule has 3 heterocycles. The van der Waals surface area contributed by atoms with E-state index in [1.54, 1.807) is 24.8 Å². The number of ether oxygens (including phenoxy) is 1. The predicted octanol–water partition coefficient (Wildman–Crippen LogP) is 1.76. The van der Waals surface area contributed by atoms with Crippen molar-refractivity contribution in [2.24, 2.45) is 5.92 Å². The molecule has 1 unspecified atom stereocenters. The summed E-state index contributed by atoms with van der Waals surface area (Å²) < 4.78 is 5.42. The van der Waals surface area contributed by atoms with Crippen LogP contribution >= 0.6 is 11.3 Å². The van der Waals surface area contributed by atoms with E-state index in [0.29, 0.717) is 5.92 Å². The molecule has 7 heteroatoms. The molecular weight excluding hydrogens is 312 g/mol. The first kappa shape index (κ1) is 14.8. The van der Waals surface area contributed by atoms with Gasteiger partial charge < -0.3 is 14.5 Å². The van der Waals surface area contributed by atoms with Crippen LogP contribution in [0.15, 0.2) is 17.8 Å². The van der Waals surface area contributed by atoms with Crippen molar-refractivity contribution in [3.8, 4) is 0 Å². The highest BCUT2D eigenvalue weighted by Gasteiger charge is 2.39. The summed E-state index contributed by atoms with van der Waals surface area (Å²) in [5.41, 5.74) is 0. The number of rotatable bonds is 4. The molecule has 4 rings (SSSR count). The highest BCUT2D eigenvalue weighted by Crippen LogP contribution is 2.35. The van der Waals surface area contributed by atoms with E-state index in [-0.39, 0.29) is 12.0 Å². The van der Waals surface area contributed by atoms with E-state index in [9.17, 15) is 4.79 Å². The van der Waals surface area contributed by atoms with E-state index in [1.165, 1.54) is 0 Å². The van der Waals surface area contributed by atoms with E-state index >= 15 is 0 Å². The topological polar surface area (TPSA) is 58.6 Å². The average Bonchev–Trinajstić information content (AvgIpc) is 3.30. The normalized spacial score (nSPS) is 20.0. The lowest BCUT2D eigenvalue weighted by molar-refractivity contribution is -0.143. The number of carbonyl (C=O) groups excluding carboxylic acids is 1. The SMILES string of the molecule is COC(C(=O)N1CCN(c2ncnc3sccc23)CC1)C1CC1. The van der Waals surface area contributed by atoms with Crippen molar-refractivity contribution >= 4 is 33.3 Å². The van der Waals surface area contributed by atoms with Gasteiger partial charge in [-0.3, -0.25) is 4.79 Å². The number of hydrogen-bond acceptors (Lipinski definition) is 6. The van der Waals surface area contributed by atoms with Gasteiger partial charge in [0.2, 0.25) is 0 Å². The molecule has 0 N–H and O–H groups in total. The number of anilines is 1. The van der Waals surface area contributed by atoms with Gasteiger partial charge in [0.25, 0.3) is 5.91 Å². The molecule has 2 fully saturated rings. The molecule has 2 aromatic rings. The Hall–Kier alpha value is -1.73. The van der Waals surface area contributed by atoms with Gasteiger partial charge in [0.1, 0.15) is 23.1 Å². The first-order chi connectivity index (χ1) is 11.3. The van der Waals surface area contributed by atoms with Crippen LogP contribution in [0, 0.1) is 5.92 Å². The van der Waals surface area contributed by atoms with Gasteiger partial charge in [-0.25, -0.2) is 9.97 Å². The van der Waals surface area contributed by atoms with Gasteiger partial charge in [-0.2, -0.15) is 0 Å². The Morgan fingerprint density at radius 2 is 2.09 bits per heavy atom. The number of carbonyl (C=O) groups is 1. The lowest BCUT2D eigenvalue weighted by atomic mass is 10.2. The molecule has 0 spiro atoms. The predicted molar refractivity (Wildman–Crippen MR) is 89.7 cm³/mol. The second-order valence-corrected chi connectivity index (χ2v) is 7.04. The Morgan fingerprint density at radius 3 is 2.78 bits per heavy atom. The minimum atomic E-state index is -0.246. The number of fused-ring (bicyclic) bond motifs is 1. The average molecular weight is 332 g/mol. The number of thiophene rings is 1. The Labute approximate surface area is 139 Å². The number of methoxy groups -OCH3 is 1. The highest BCUT2D eigenvalue weighted by molar-refractivity contribution is 7.16. The maximum atomic E-state index is 12.6. The van der Waals surface area contributed by atoms with Gasteiger partial charge >= 0.3 is 0 Å². The molecule has 2 aromatic heterocycles. The summed E-state index contributed by atoms with van der Waals surface area (Å²) in [7, 11) is 1.64. The smallest absolute Gasteiger partial charge is 0.252 e. The molecule has 122 valence electrons. The van der Waals surface area contributed by atoms with Crippen LogP contribution in [-0.2, 0) is 9.53 Å². The summed E-state index contributed by atoms with van der Waals surface area (Å²) in [6.45, 7) is 3.05. The van der Waals surface area contributed by atoms with Gasteiger partial charge in [-0.05, 0) is 30.2 Å². The zero-order valence-electron chi connectivity index (χ0n) is 13.1. The fraction of sp³-hybridized carbons (Fsp3) is 0.562. The van der Waals surface area contributed by atoms with Crippen LogP contribution in [0.3, 0.4) is 0 Å². The van der Waals surface area contributed by atoms with E-state index < -0.39 is 0 Å². The first-order valence-corrected chi connectivity index (χ1v) is 8.90. The third-order valence-corrected chi connectivity index (χ3v) is 5.50. The summed E-state index contributed by atoms with van der Waals surface area (Å²) in [5, 5.41) is 3.14. The van der Waals surface area contributed by atoms with Crippen molar-refractivity contribution < 1.29 is 9.53 Å². The fourth-order valence-corrected chi connectivity index (χ4v) is 3.97. The quantitative estimate of drug-likeness (QED) is 0.854. The van der Waals surface area contributed by atoms with Gasteiger partial charge in [0.05, 0.1) is 5.39 Å². The number of piperazine rings is 1. The molecule has 23 heavy (non-hydrogen) atoms. The Balaban J connectivity index is 1.44. The van der Waals surface area contributed by atoms with Gasteiger partial charge in [0, 0.05) is 33.3 Å². The molecule has 1 aliphatic carbocycles. The molecule has 0 bridgehead atoms. The highest BCUT2D eigenvalue weighted by atomic mass is 32.1. The zero-order chi connectivity index (χ0) is 15.8. The molecule has 2 aliphatic rings. The summed E-state index contributed by atoms with van der Waals surface area (Å²) in [5.74, 6) is 1.56. The standard InChI is InChI=1S/C16H20N4O2S/c1-22-13(11-2-3-11)16(21)20-7-5-19(6-8-20)14-12-4-9-23-15(12)18-10-17-14/h4,9-11,13H,2-3,5-8H2,1H3. The van der Waals surface area contributed by atoms with Crippen LogP contribution in [0.4, 0.5) is 5.82 Å². The second kappa shape index (κ2) is 6.05. The van der Waals surface area contributed by atoms with Crippen LogP contribution in [0.1, 0.15) is 12.8 Å². The molecular formula is C16H20N4O2S. The van der Waals surface area contributed by atoms with Gasteiger partial charge in [-0.1, -0.05) is 0 Å². The van der Waals surface area contributed by atoms with Gasteiger partial charge in [0.15, 0.2) is 0 Å². The molecule has 1 amide bonds. The largest absolute Gasteiger partial charge is 0.371 e. The monoisotopic (exact) mass is 332 g/mol. The van der Waals surface area contributed by atoms with Gasteiger partial charge in [-0.15, -0.1) is 11.3 Å². The van der Waals surface area contributed by atoms with Crippen molar-refractivity contribution in [2.75, 3.05) is 38.2 Å². The maximum Gasteiger partial charge on any atom is 0.252 e. The van der Waals surface area contributed by atoms with Crippen LogP contribution in [-0.4, -0.2) is 60.2 Å². The van der Waals surface area contributed by atoms with Crippen LogP contribution in [0.25, 0.3) is 10.2 Å². The summed E-state index contributed by atoms with van der Waals surface area (Å²) >= 11 is 1.63. The molecule has 1 saturated heterocycles. The van der Waals surface area contributed by atoms with E-state index in [1.807, 2.05) is 10.3 Å². The molecule has 1 saturated carbocycles. The minimum absolute atomic E-state index is 0.151. The van der Waals surface area contributed by atoms with Crippen molar-refractivity contribution in [1.29, 1.82) is 0 Å². The van der Waals surface area contributed by atoms with Crippen LogP contribution in [0.5, 0.6) is 0 Å². The number of hydrogen-bond donors (Lipinski definition) is 0. The number of nitrogens with zero attached hydrogens (tertiary/aromatic N) is 4. The second-order valence-electron chi connectivity index (χ2n) is 6.14. The summed E-state index contributed by atoms with van der Waals surface area (Å²) in [4.78, 5) is 26.5. The Bertz CT molecular complexity index is 707. The van der Waals surface area contributed by atoms with E-state index in [2.05, 4.69) is 20.9 Å². The summed E-state index contributed by atoms with van der Waals surface area (Å²) in [6.07, 6.45) is 3.60. The number of aromatic nitrogens is 2. The Morgan fingerprint density at radius 1 is 1.30 bits per heavy atom. The third-order valence-electron chi connectivity index (χ3n) is 4.68. The zero-order valence-corrected chi connectivity index (χ0v) is 14.0. The molecule has 1 atom stereocenters. The lowest BCUT2D eigenvalue weighted by Crippen LogP contribution is -2.52. The maximum absolute atomic E-state index is 12.6. The third kappa shape index (κ3) is 2.79. The first-order valence-electron chi connectivity index (χ1n) is 8.02. The molecule has 0 aromatic carbocycles. The Kier molecular flexibility index (Phi) is 3.90. The fourth-order valence-electron chi connectivity index (χ4n) is 3.24. The van der Waals surface area contributed by atoms with E-state index in [4.69, 9.17) is 4.74 Å². The lowest BCUT2D eigenvalue weighted by Gasteiger charge is -2.37. The molecule has 6 nitrogen and oxygen atoms in total. The minimum Gasteiger partial charge on any atom is -0.371 e.